The van der Waals surface area contributed by atoms with Crippen LogP contribution in [0.4, 0.5) is 4.79 Å². The lowest BCUT2D eigenvalue weighted by atomic mass is 9.95. The van der Waals surface area contributed by atoms with Crippen molar-refractivity contribution < 1.29 is 14.3 Å². The van der Waals surface area contributed by atoms with Crippen molar-refractivity contribution in [2.45, 2.75) is 26.4 Å². The van der Waals surface area contributed by atoms with Gasteiger partial charge in [-0.2, -0.15) is 0 Å². The van der Waals surface area contributed by atoms with E-state index in [1.807, 2.05) is 31.2 Å². The molecule has 1 aliphatic heterocycles. The highest BCUT2D eigenvalue weighted by molar-refractivity contribution is 6.30. The Hall–Kier alpha value is -2.83. The van der Waals surface area contributed by atoms with Gasteiger partial charge in [0.1, 0.15) is 0 Å². The van der Waals surface area contributed by atoms with Crippen LogP contribution in [0.1, 0.15) is 31.0 Å². The lowest BCUT2D eigenvalue weighted by Gasteiger charge is -2.32. The molecule has 2 aromatic carbocycles. The monoisotopic (exact) mass is 427 g/mol. The fourth-order valence-electron chi connectivity index (χ4n) is 3.47. The molecule has 1 aliphatic rings. The third-order valence-corrected chi connectivity index (χ3v) is 5.14. The number of carbonyl (C=O) groups excluding carboxylic acids is 2. The van der Waals surface area contributed by atoms with E-state index in [1.54, 1.807) is 25.1 Å². The molecular formula is C23H26ClN3O3. The average molecular weight is 428 g/mol. The van der Waals surface area contributed by atoms with Gasteiger partial charge < -0.3 is 15.4 Å². The number of hydrogen-bond donors (Lipinski definition) is 2. The number of likely N-dealkylation sites (N-methyl/N-ethyl adjacent to an activating group) is 1. The molecule has 0 aromatic heterocycles. The zero-order valence-corrected chi connectivity index (χ0v) is 17.9. The van der Waals surface area contributed by atoms with Crippen LogP contribution in [0, 0.1) is 0 Å². The molecule has 3 rings (SSSR count). The van der Waals surface area contributed by atoms with Gasteiger partial charge >= 0.3 is 12.0 Å². The third kappa shape index (κ3) is 5.40. The summed E-state index contributed by atoms with van der Waals surface area (Å²) in [7, 11) is 0. The number of halogens is 1. The molecule has 1 atom stereocenters. The smallest absolute Gasteiger partial charge is 0.338 e. The highest BCUT2D eigenvalue weighted by Gasteiger charge is 2.34. The van der Waals surface area contributed by atoms with Gasteiger partial charge in [-0.05, 0) is 36.7 Å². The molecule has 0 unspecified atom stereocenters. The van der Waals surface area contributed by atoms with Gasteiger partial charge in [-0.1, -0.05) is 61.0 Å². The van der Waals surface area contributed by atoms with Gasteiger partial charge in [-0.15, -0.1) is 0 Å². The summed E-state index contributed by atoms with van der Waals surface area (Å²) in [6.45, 7) is 5.90. The van der Waals surface area contributed by atoms with Gasteiger partial charge in [0.2, 0.25) is 0 Å². The van der Waals surface area contributed by atoms with Crippen molar-refractivity contribution in [1.29, 1.82) is 0 Å². The summed E-state index contributed by atoms with van der Waals surface area (Å²) in [4.78, 5) is 27.5. The van der Waals surface area contributed by atoms with Crippen molar-refractivity contribution in [1.82, 2.24) is 15.5 Å². The van der Waals surface area contributed by atoms with E-state index in [9.17, 15) is 9.59 Å². The van der Waals surface area contributed by atoms with E-state index < -0.39 is 12.0 Å². The minimum Gasteiger partial charge on any atom is -0.463 e. The second-order valence-electron chi connectivity index (χ2n) is 6.99. The first kappa shape index (κ1) is 21.9. The van der Waals surface area contributed by atoms with Gasteiger partial charge in [0.25, 0.3) is 0 Å². The van der Waals surface area contributed by atoms with E-state index in [1.165, 1.54) is 0 Å². The molecule has 7 heteroatoms. The summed E-state index contributed by atoms with van der Waals surface area (Å²) in [6, 6.07) is 16.2. The Balaban J connectivity index is 1.97. The number of nitrogens with one attached hydrogen (secondary N) is 2. The highest BCUT2D eigenvalue weighted by Crippen LogP contribution is 2.29. The number of rotatable bonds is 8. The summed E-state index contributed by atoms with van der Waals surface area (Å²) in [5.74, 6) is -0.458. The molecule has 0 bridgehead atoms. The molecule has 30 heavy (non-hydrogen) atoms. The first-order valence-electron chi connectivity index (χ1n) is 10.0. The average Bonchev–Trinajstić information content (AvgIpc) is 2.73. The number of urea groups is 1. The van der Waals surface area contributed by atoms with Crippen LogP contribution in [-0.4, -0.2) is 36.6 Å². The van der Waals surface area contributed by atoms with Crippen molar-refractivity contribution >= 4 is 23.6 Å². The molecule has 6 nitrogen and oxygen atoms in total. The van der Waals surface area contributed by atoms with Crippen LogP contribution in [0.3, 0.4) is 0 Å². The number of benzene rings is 2. The van der Waals surface area contributed by atoms with E-state index >= 15 is 0 Å². The molecule has 158 valence electrons. The Kier molecular flexibility index (Phi) is 7.49. The Morgan fingerprint density at radius 1 is 1.10 bits per heavy atom. The lowest BCUT2D eigenvalue weighted by Crippen LogP contribution is -2.48. The molecule has 0 saturated heterocycles. The van der Waals surface area contributed by atoms with Crippen LogP contribution in [0.2, 0.25) is 5.02 Å². The topological polar surface area (TPSA) is 70.7 Å². The number of amides is 2. The summed E-state index contributed by atoms with van der Waals surface area (Å²) < 4.78 is 5.32. The number of ether oxygens (including phenoxy) is 1. The summed E-state index contributed by atoms with van der Waals surface area (Å²) in [5.41, 5.74) is 2.82. The molecule has 2 aromatic rings. The third-order valence-electron chi connectivity index (χ3n) is 4.91. The number of hydrogen-bond acceptors (Lipinski definition) is 4. The predicted octanol–water partition coefficient (Wildman–Crippen LogP) is 4.03. The molecule has 0 saturated carbocycles. The van der Waals surface area contributed by atoms with Crippen LogP contribution in [-0.2, 0) is 16.1 Å². The van der Waals surface area contributed by atoms with Crippen molar-refractivity contribution in [3.05, 3.63) is 82.0 Å². The van der Waals surface area contributed by atoms with Crippen molar-refractivity contribution in [2.24, 2.45) is 0 Å². The molecular weight excluding hydrogens is 402 g/mol. The molecule has 0 spiro atoms. The quantitative estimate of drug-likeness (QED) is 0.624. The van der Waals surface area contributed by atoms with Gasteiger partial charge in [0, 0.05) is 23.8 Å². The highest BCUT2D eigenvalue weighted by atomic mass is 35.5. The fraction of sp³-hybridized carbons (Fsp3) is 0.304. The van der Waals surface area contributed by atoms with E-state index in [-0.39, 0.29) is 12.6 Å². The molecule has 0 radical (unpaired) electrons. The van der Waals surface area contributed by atoms with Crippen LogP contribution < -0.4 is 10.6 Å². The number of esters is 1. The van der Waals surface area contributed by atoms with Crippen molar-refractivity contribution in [3.63, 3.8) is 0 Å². The molecule has 0 fully saturated rings. The second kappa shape index (κ2) is 10.3. The lowest BCUT2D eigenvalue weighted by molar-refractivity contribution is -0.139. The zero-order valence-electron chi connectivity index (χ0n) is 17.2. The van der Waals surface area contributed by atoms with Gasteiger partial charge in [0.05, 0.1) is 18.2 Å². The van der Waals surface area contributed by atoms with Gasteiger partial charge in [-0.25, -0.2) is 9.59 Å². The summed E-state index contributed by atoms with van der Waals surface area (Å²) in [6.07, 6.45) is 0. The maximum absolute atomic E-state index is 12.9. The first-order chi connectivity index (χ1) is 14.5. The van der Waals surface area contributed by atoms with E-state index in [2.05, 4.69) is 27.7 Å². The number of nitrogens with zero attached hydrogens (tertiary/aromatic N) is 1. The van der Waals surface area contributed by atoms with E-state index in [0.717, 1.165) is 17.7 Å². The second-order valence-corrected chi connectivity index (χ2v) is 7.42. The van der Waals surface area contributed by atoms with E-state index in [0.29, 0.717) is 29.4 Å². The van der Waals surface area contributed by atoms with Crippen molar-refractivity contribution in [3.8, 4) is 0 Å². The Bertz CT molecular complexity index is 930. The molecule has 2 amide bonds. The maximum atomic E-state index is 12.9. The van der Waals surface area contributed by atoms with E-state index in [4.69, 9.17) is 16.3 Å². The van der Waals surface area contributed by atoms with Gasteiger partial charge in [-0.3, -0.25) is 4.90 Å². The largest absolute Gasteiger partial charge is 0.463 e. The minimum atomic E-state index is -0.637. The Morgan fingerprint density at radius 2 is 1.87 bits per heavy atom. The maximum Gasteiger partial charge on any atom is 0.338 e. The molecule has 2 N–H and O–H groups in total. The fourth-order valence-corrected chi connectivity index (χ4v) is 3.67. The Morgan fingerprint density at radius 3 is 2.53 bits per heavy atom. The zero-order chi connectivity index (χ0) is 21.5. The summed E-state index contributed by atoms with van der Waals surface area (Å²) >= 11 is 6.15. The van der Waals surface area contributed by atoms with Crippen LogP contribution in [0.5, 0.6) is 0 Å². The summed E-state index contributed by atoms with van der Waals surface area (Å²) in [5, 5.41) is 6.19. The van der Waals surface area contributed by atoms with Crippen LogP contribution in [0.25, 0.3) is 0 Å². The first-order valence-corrected chi connectivity index (χ1v) is 10.4. The van der Waals surface area contributed by atoms with Crippen LogP contribution in [0.15, 0.2) is 65.9 Å². The normalized spacial score (nSPS) is 16.3. The predicted molar refractivity (Wildman–Crippen MR) is 117 cm³/mol. The van der Waals surface area contributed by atoms with Gasteiger partial charge in [0.15, 0.2) is 0 Å². The van der Waals surface area contributed by atoms with Crippen LogP contribution >= 0.6 is 11.6 Å². The number of carbonyl (C=O) groups is 2. The van der Waals surface area contributed by atoms with Crippen molar-refractivity contribution in [2.75, 3.05) is 19.7 Å². The molecule has 0 aliphatic carbocycles. The standard InChI is InChI=1S/C23H26ClN3O3/c1-3-27(14-16-9-6-5-7-10-16)15-19-20(22(28)30-4-2)21(26-23(29)25-19)17-11-8-12-18(24)13-17/h5-13,21H,3-4,14-15H2,1-2H3,(H2,25,26,29)/t21-/m1/s1. The molecule has 1 heterocycles. The minimum absolute atomic E-state index is 0.243. The SMILES string of the molecule is CCOC(=O)C1=C(CN(CC)Cc2ccccc2)NC(=O)N[C@@H]1c1cccc(Cl)c1. The Labute approximate surface area is 181 Å².